The van der Waals surface area contributed by atoms with Crippen LogP contribution in [0.3, 0.4) is 0 Å². The fraction of sp³-hybridized carbons (Fsp3) is 0.583. The molecule has 1 aromatic heterocycles. The van der Waals surface area contributed by atoms with Crippen molar-refractivity contribution in [1.29, 1.82) is 0 Å². The molecule has 1 fully saturated rings. The zero-order valence-corrected chi connectivity index (χ0v) is 19.8. The van der Waals surface area contributed by atoms with E-state index in [0.717, 1.165) is 53.9 Å². The first-order valence-corrected chi connectivity index (χ1v) is 11.7. The van der Waals surface area contributed by atoms with E-state index in [-0.39, 0.29) is 5.56 Å². The molecule has 0 radical (unpaired) electrons. The lowest BCUT2D eigenvalue weighted by molar-refractivity contribution is -0.858. The third kappa shape index (κ3) is 5.82. The van der Waals surface area contributed by atoms with Crippen molar-refractivity contribution >= 4 is 28.2 Å². The van der Waals surface area contributed by atoms with Crippen molar-refractivity contribution in [3.8, 4) is 0 Å². The maximum atomic E-state index is 12.9. The Morgan fingerprint density at radius 1 is 1.17 bits per heavy atom. The van der Waals surface area contributed by atoms with Gasteiger partial charge in [0.05, 0.1) is 27.2 Å². The molecule has 1 saturated carbocycles. The van der Waals surface area contributed by atoms with E-state index >= 15 is 0 Å². The van der Waals surface area contributed by atoms with E-state index in [0.29, 0.717) is 12.6 Å². The van der Waals surface area contributed by atoms with Gasteiger partial charge < -0.3 is 20.1 Å². The Hall–Kier alpha value is -1.92. The predicted octanol–water partition coefficient (Wildman–Crippen LogP) is 2.69. The molecule has 5 nitrogen and oxygen atoms in total. The number of fused-ring (bicyclic) bond motifs is 1. The predicted molar refractivity (Wildman–Crippen MR) is 129 cm³/mol. The van der Waals surface area contributed by atoms with Gasteiger partial charge in [-0.2, -0.15) is 0 Å². The van der Waals surface area contributed by atoms with Crippen molar-refractivity contribution < 1.29 is 4.90 Å². The molecule has 1 aliphatic carbocycles. The van der Waals surface area contributed by atoms with Gasteiger partial charge in [-0.1, -0.05) is 19.3 Å². The summed E-state index contributed by atoms with van der Waals surface area (Å²) in [6.45, 7) is 6.74. The molecule has 0 unspecified atom stereocenters. The highest BCUT2D eigenvalue weighted by Gasteiger charge is 2.24. The van der Waals surface area contributed by atoms with Crippen molar-refractivity contribution in [1.82, 2.24) is 15.2 Å². The summed E-state index contributed by atoms with van der Waals surface area (Å²) in [6.07, 6.45) is 7.14. The Kier molecular flexibility index (Phi) is 7.89. The molecule has 0 saturated heterocycles. The summed E-state index contributed by atoms with van der Waals surface area (Å²) in [5, 5.41) is 5.34. The first-order chi connectivity index (χ1) is 14.3. The van der Waals surface area contributed by atoms with Crippen LogP contribution in [0, 0.1) is 13.8 Å². The van der Waals surface area contributed by atoms with Crippen molar-refractivity contribution in [3.05, 3.63) is 45.2 Å². The molecule has 30 heavy (non-hydrogen) atoms. The molecule has 0 amide bonds. The van der Waals surface area contributed by atoms with Crippen molar-refractivity contribution in [2.45, 2.75) is 65.0 Å². The molecular weight excluding hydrogens is 392 g/mol. The zero-order valence-electron chi connectivity index (χ0n) is 18.9. The van der Waals surface area contributed by atoms with E-state index in [1.54, 1.807) is 0 Å². The van der Waals surface area contributed by atoms with Crippen LogP contribution in [-0.4, -0.2) is 48.2 Å². The Morgan fingerprint density at radius 3 is 2.57 bits per heavy atom. The maximum absolute atomic E-state index is 12.9. The molecule has 1 aromatic carbocycles. The quantitative estimate of drug-likeness (QED) is 0.468. The number of pyridine rings is 1. The number of aromatic nitrogens is 1. The van der Waals surface area contributed by atoms with Crippen molar-refractivity contribution in [2.24, 2.45) is 0 Å². The Bertz CT molecular complexity index is 931. The highest BCUT2D eigenvalue weighted by molar-refractivity contribution is 7.80. The smallest absolute Gasteiger partial charge is 0.253 e. The summed E-state index contributed by atoms with van der Waals surface area (Å²) >= 11 is 5.81. The molecule has 3 rings (SSSR count). The van der Waals surface area contributed by atoms with Crippen LogP contribution in [0.1, 0.15) is 55.2 Å². The van der Waals surface area contributed by atoms with Gasteiger partial charge in [-0.05, 0) is 73.6 Å². The standard InChI is InChI=1S/C24H36N4OS/c1-17-13-19-15-20(23(29)26-22(19)14-18(17)2)16-28(21-9-6-5-7-10-21)24(30)25-11-8-12-27(3)4/h13-15,21H,5-12,16H2,1-4H3,(H,25,30)(H,26,29)/p+1. The average molecular weight is 430 g/mol. The Labute approximate surface area is 185 Å². The van der Waals surface area contributed by atoms with Crippen LogP contribution >= 0.6 is 12.2 Å². The lowest BCUT2D eigenvalue weighted by Crippen LogP contribution is -3.05. The van der Waals surface area contributed by atoms with Crippen LogP contribution in [0.2, 0.25) is 0 Å². The lowest BCUT2D eigenvalue weighted by atomic mass is 9.94. The average Bonchev–Trinajstić information content (AvgIpc) is 2.71. The van der Waals surface area contributed by atoms with Crippen LogP contribution in [0.15, 0.2) is 23.0 Å². The molecule has 164 valence electrons. The Balaban J connectivity index is 1.81. The number of H-pyrrole nitrogens is 1. The van der Waals surface area contributed by atoms with E-state index < -0.39 is 0 Å². The number of rotatable bonds is 7. The fourth-order valence-corrected chi connectivity index (χ4v) is 4.64. The van der Waals surface area contributed by atoms with E-state index in [4.69, 9.17) is 12.2 Å². The molecule has 0 bridgehead atoms. The van der Waals surface area contributed by atoms with E-state index in [9.17, 15) is 4.79 Å². The first-order valence-electron chi connectivity index (χ1n) is 11.3. The number of benzene rings is 1. The number of aromatic amines is 1. The minimum Gasteiger partial charge on any atom is -0.362 e. The fourth-order valence-electron chi connectivity index (χ4n) is 4.32. The van der Waals surface area contributed by atoms with Crippen LogP contribution in [0.4, 0.5) is 0 Å². The SMILES string of the molecule is Cc1cc2cc(CN(C(=S)NCCC[NH+](C)C)C3CCCCC3)c(=O)[nH]c2cc1C. The highest BCUT2D eigenvalue weighted by atomic mass is 32.1. The highest BCUT2D eigenvalue weighted by Crippen LogP contribution is 2.25. The van der Waals surface area contributed by atoms with Gasteiger partial charge in [0.2, 0.25) is 0 Å². The molecule has 0 atom stereocenters. The second kappa shape index (κ2) is 10.4. The number of aryl methyl sites for hydroxylation is 2. The summed E-state index contributed by atoms with van der Waals surface area (Å²) in [4.78, 5) is 19.7. The molecule has 0 aliphatic heterocycles. The Morgan fingerprint density at radius 2 is 1.87 bits per heavy atom. The van der Waals surface area contributed by atoms with Crippen LogP contribution in [0.25, 0.3) is 10.9 Å². The summed E-state index contributed by atoms with van der Waals surface area (Å²) in [5.41, 5.74) is 4.12. The normalized spacial score (nSPS) is 15.0. The molecule has 2 aromatic rings. The van der Waals surface area contributed by atoms with Gasteiger partial charge in [0.25, 0.3) is 5.56 Å². The molecule has 0 spiro atoms. The second-order valence-corrected chi connectivity index (χ2v) is 9.50. The number of nitrogens with zero attached hydrogens (tertiary/aromatic N) is 1. The third-order valence-corrected chi connectivity index (χ3v) is 6.66. The summed E-state index contributed by atoms with van der Waals surface area (Å²) in [5.74, 6) is 0. The topological polar surface area (TPSA) is 52.6 Å². The molecule has 6 heteroatoms. The van der Waals surface area contributed by atoms with Gasteiger partial charge in [0.15, 0.2) is 5.11 Å². The number of quaternary nitrogens is 1. The number of hydrogen-bond donors (Lipinski definition) is 3. The lowest BCUT2D eigenvalue weighted by Gasteiger charge is -2.36. The van der Waals surface area contributed by atoms with Crippen LogP contribution < -0.4 is 15.8 Å². The van der Waals surface area contributed by atoms with E-state index in [1.807, 2.05) is 0 Å². The summed E-state index contributed by atoms with van der Waals surface area (Å²) in [7, 11) is 4.34. The third-order valence-electron chi connectivity index (χ3n) is 6.28. The van der Waals surface area contributed by atoms with Gasteiger partial charge in [-0.3, -0.25) is 4.79 Å². The molecule has 1 aliphatic rings. The van der Waals surface area contributed by atoms with Gasteiger partial charge >= 0.3 is 0 Å². The van der Waals surface area contributed by atoms with Gasteiger partial charge in [0.1, 0.15) is 0 Å². The summed E-state index contributed by atoms with van der Waals surface area (Å²) < 4.78 is 0. The van der Waals surface area contributed by atoms with Gasteiger partial charge in [-0.25, -0.2) is 0 Å². The van der Waals surface area contributed by atoms with E-state index in [1.165, 1.54) is 35.3 Å². The minimum atomic E-state index is -0.00873. The van der Waals surface area contributed by atoms with Gasteiger partial charge in [-0.15, -0.1) is 0 Å². The second-order valence-electron chi connectivity index (χ2n) is 9.11. The number of hydrogen-bond acceptors (Lipinski definition) is 2. The minimum absolute atomic E-state index is 0.00873. The maximum Gasteiger partial charge on any atom is 0.253 e. The number of nitrogens with one attached hydrogen (secondary N) is 3. The van der Waals surface area contributed by atoms with E-state index in [2.05, 4.69) is 61.3 Å². The molecular formula is C24H37N4OS+. The molecule has 1 heterocycles. The summed E-state index contributed by atoms with van der Waals surface area (Å²) in [6, 6.07) is 6.69. The monoisotopic (exact) mass is 429 g/mol. The molecule has 3 N–H and O–H groups in total. The van der Waals surface area contributed by atoms with Crippen molar-refractivity contribution in [3.63, 3.8) is 0 Å². The van der Waals surface area contributed by atoms with Crippen LogP contribution in [-0.2, 0) is 6.54 Å². The largest absolute Gasteiger partial charge is 0.362 e. The van der Waals surface area contributed by atoms with Gasteiger partial charge in [0, 0.05) is 30.1 Å². The number of thiocarbonyl (C=S) groups is 1. The van der Waals surface area contributed by atoms with Crippen LogP contribution in [0.5, 0.6) is 0 Å². The zero-order chi connectivity index (χ0) is 21.7. The first kappa shape index (κ1) is 22.8. The van der Waals surface area contributed by atoms with Crippen molar-refractivity contribution in [2.75, 3.05) is 27.2 Å².